The lowest BCUT2D eigenvalue weighted by Gasteiger charge is -2.23. The molecule has 0 fully saturated rings. The molecule has 1 atom stereocenters. The minimum atomic E-state index is -0.971. The lowest BCUT2D eigenvalue weighted by atomic mass is 9.80. The average molecular weight is 230 g/mol. The number of unbranched alkanes of at least 4 members (excludes halogenated alkanes) is 1. The first-order valence-corrected chi connectivity index (χ1v) is 5.61. The highest BCUT2D eigenvalue weighted by molar-refractivity contribution is 5.86. The quantitative estimate of drug-likeness (QED) is 0.500. The van der Waals surface area contributed by atoms with Crippen LogP contribution in [-0.2, 0) is 9.59 Å². The second kappa shape index (κ2) is 7.35. The third kappa shape index (κ3) is 5.23. The summed E-state index contributed by atoms with van der Waals surface area (Å²) in [5.41, 5.74) is 9.64. The molecule has 5 nitrogen and oxygen atoms in total. The Morgan fingerprint density at radius 2 is 1.81 bits per heavy atom. The second-order valence-electron chi connectivity index (χ2n) is 4.37. The molecule has 0 unspecified atom stereocenters. The van der Waals surface area contributed by atoms with Crippen molar-refractivity contribution in [1.82, 2.24) is 0 Å². The lowest BCUT2D eigenvalue weighted by Crippen LogP contribution is -2.31. The fourth-order valence-electron chi connectivity index (χ4n) is 1.61. The van der Waals surface area contributed by atoms with Gasteiger partial charge >= 0.3 is 5.97 Å². The highest BCUT2D eigenvalue weighted by atomic mass is 16.4. The van der Waals surface area contributed by atoms with Gasteiger partial charge in [-0.2, -0.15) is 0 Å². The number of carbonyl (C=O) groups is 2. The third-order valence-corrected chi connectivity index (χ3v) is 2.71. The molecule has 0 rings (SSSR count). The molecule has 0 aromatic rings. The fraction of sp³-hybridized carbons (Fsp3) is 0.818. The number of rotatable bonds is 9. The van der Waals surface area contributed by atoms with Crippen LogP contribution in [0.1, 0.15) is 39.0 Å². The van der Waals surface area contributed by atoms with Crippen LogP contribution in [0.5, 0.6) is 0 Å². The van der Waals surface area contributed by atoms with Gasteiger partial charge in [-0.25, -0.2) is 0 Å². The molecule has 94 valence electrons. The maximum absolute atomic E-state index is 11.4. The van der Waals surface area contributed by atoms with E-state index in [1.807, 2.05) is 0 Å². The van der Waals surface area contributed by atoms with Gasteiger partial charge in [-0.3, -0.25) is 9.59 Å². The van der Waals surface area contributed by atoms with Crippen molar-refractivity contribution in [3.63, 3.8) is 0 Å². The molecule has 0 aliphatic rings. The standard InChI is InChI=1S/C11H22N2O3/c1-11(10(15)16,5-2-3-6-12)8-9(14)4-7-13/h2-8,12-13H2,1H3,(H,15,16)/t11-/m1/s1. The van der Waals surface area contributed by atoms with Crippen molar-refractivity contribution in [3.05, 3.63) is 0 Å². The minimum Gasteiger partial charge on any atom is -0.481 e. The van der Waals surface area contributed by atoms with Crippen molar-refractivity contribution in [2.24, 2.45) is 16.9 Å². The van der Waals surface area contributed by atoms with Gasteiger partial charge < -0.3 is 16.6 Å². The average Bonchev–Trinajstić information content (AvgIpc) is 2.18. The molecule has 0 aliphatic carbocycles. The first kappa shape index (κ1) is 15.1. The number of carboxylic acid groups (broad SMARTS) is 1. The Hall–Kier alpha value is -0.940. The van der Waals surface area contributed by atoms with E-state index in [0.717, 1.165) is 12.8 Å². The Balaban J connectivity index is 4.32. The fourth-order valence-corrected chi connectivity index (χ4v) is 1.61. The van der Waals surface area contributed by atoms with E-state index in [1.54, 1.807) is 6.92 Å². The molecule has 0 radical (unpaired) electrons. The number of Topliss-reactive ketones (excluding diaryl/α,β-unsaturated/α-hetero) is 1. The van der Waals surface area contributed by atoms with Gasteiger partial charge in [-0.05, 0) is 32.9 Å². The van der Waals surface area contributed by atoms with E-state index in [0.29, 0.717) is 13.0 Å². The molecular weight excluding hydrogens is 208 g/mol. The van der Waals surface area contributed by atoms with Crippen molar-refractivity contribution in [1.29, 1.82) is 0 Å². The van der Waals surface area contributed by atoms with Gasteiger partial charge in [0.15, 0.2) is 0 Å². The molecule has 0 saturated carbocycles. The van der Waals surface area contributed by atoms with Gasteiger partial charge in [-0.1, -0.05) is 6.42 Å². The molecule has 0 heterocycles. The Bertz CT molecular complexity index is 243. The molecule has 0 bridgehead atoms. The molecule has 5 heteroatoms. The Kier molecular flexibility index (Phi) is 6.92. The summed E-state index contributed by atoms with van der Waals surface area (Å²) >= 11 is 0. The van der Waals surface area contributed by atoms with Crippen LogP contribution in [-0.4, -0.2) is 29.9 Å². The van der Waals surface area contributed by atoms with Gasteiger partial charge in [-0.15, -0.1) is 0 Å². The summed E-state index contributed by atoms with van der Waals surface area (Å²) < 4.78 is 0. The summed E-state index contributed by atoms with van der Waals surface area (Å²) in [6.45, 7) is 2.43. The lowest BCUT2D eigenvalue weighted by molar-refractivity contribution is -0.151. The van der Waals surface area contributed by atoms with Crippen LogP contribution < -0.4 is 11.5 Å². The van der Waals surface area contributed by atoms with E-state index >= 15 is 0 Å². The van der Waals surface area contributed by atoms with Crippen molar-refractivity contribution >= 4 is 11.8 Å². The van der Waals surface area contributed by atoms with Crippen LogP contribution in [0.4, 0.5) is 0 Å². The van der Waals surface area contributed by atoms with Crippen molar-refractivity contribution in [2.75, 3.05) is 13.1 Å². The van der Waals surface area contributed by atoms with E-state index in [9.17, 15) is 9.59 Å². The molecule has 0 amide bonds. The number of carbonyl (C=O) groups excluding carboxylic acids is 1. The van der Waals surface area contributed by atoms with Crippen LogP contribution in [0, 0.1) is 5.41 Å². The number of nitrogens with two attached hydrogens (primary N) is 2. The van der Waals surface area contributed by atoms with Gasteiger partial charge in [0.25, 0.3) is 0 Å². The first-order chi connectivity index (χ1) is 7.46. The van der Waals surface area contributed by atoms with Crippen molar-refractivity contribution in [2.45, 2.75) is 39.0 Å². The molecule has 5 N–H and O–H groups in total. The van der Waals surface area contributed by atoms with E-state index in [1.165, 1.54) is 0 Å². The summed E-state index contributed by atoms with van der Waals surface area (Å²) in [5.74, 6) is -1.00. The summed E-state index contributed by atoms with van der Waals surface area (Å²) in [7, 11) is 0. The molecular formula is C11H22N2O3. The Morgan fingerprint density at radius 1 is 1.19 bits per heavy atom. The molecule has 0 saturated heterocycles. The molecule has 0 aliphatic heterocycles. The normalized spacial score (nSPS) is 14.4. The summed E-state index contributed by atoms with van der Waals surface area (Å²) in [4.78, 5) is 22.6. The topological polar surface area (TPSA) is 106 Å². The SMILES string of the molecule is C[C@@](CCCCN)(CC(=O)CCN)C(=O)O. The number of aliphatic carboxylic acids is 1. The number of carboxylic acids is 1. The predicted octanol–water partition coefficient (Wildman–Crippen LogP) is 0.514. The highest BCUT2D eigenvalue weighted by Gasteiger charge is 2.34. The van der Waals surface area contributed by atoms with Gasteiger partial charge in [0.2, 0.25) is 0 Å². The van der Waals surface area contributed by atoms with Gasteiger partial charge in [0.1, 0.15) is 5.78 Å². The van der Waals surface area contributed by atoms with E-state index < -0.39 is 11.4 Å². The molecule has 0 aromatic carbocycles. The zero-order valence-corrected chi connectivity index (χ0v) is 9.87. The van der Waals surface area contributed by atoms with Crippen molar-refractivity contribution in [3.8, 4) is 0 Å². The molecule has 0 spiro atoms. The zero-order valence-electron chi connectivity index (χ0n) is 9.87. The minimum absolute atomic E-state index is 0.0596. The van der Waals surface area contributed by atoms with E-state index in [2.05, 4.69) is 0 Å². The van der Waals surface area contributed by atoms with Crippen LogP contribution in [0.25, 0.3) is 0 Å². The first-order valence-electron chi connectivity index (χ1n) is 5.61. The van der Waals surface area contributed by atoms with Crippen LogP contribution in [0.3, 0.4) is 0 Å². The van der Waals surface area contributed by atoms with E-state index in [4.69, 9.17) is 16.6 Å². The predicted molar refractivity (Wildman–Crippen MR) is 61.9 cm³/mol. The summed E-state index contributed by atoms with van der Waals surface area (Å²) in [6, 6.07) is 0. The number of hydrogen-bond donors (Lipinski definition) is 3. The largest absolute Gasteiger partial charge is 0.481 e. The van der Waals surface area contributed by atoms with Crippen LogP contribution in [0.2, 0.25) is 0 Å². The van der Waals surface area contributed by atoms with Crippen LogP contribution in [0.15, 0.2) is 0 Å². The summed E-state index contributed by atoms with van der Waals surface area (Å²) in [5, 5.41) is 9.13. The Morgan fingerprint density at radius 3 is 2.25 bits per heavy atom. The molecule has 16 heavy (non-hydrogen) atoms. The monoisotopic (exact) mass is 230 g/mol. The maximum atomic E-state index is 11.4. The highest BCUT2D eigenvalue weighted by Crippen LogP contribution is 2.29. The summed E-state index contributed by atoms with van der Waals surface area (Å²) in [6.07, 6.45) is 2.31. The smallest absolute Gasteiger partial charge is 0.309 e. The maximum Gasteiger partial charge on any atom is 0.309 e. The number of hydrogen-bond acceptors (Lipinski definition) is 4. The van der Waals surface area contributed by atoms with E-state index in [-0.39, 0.29) is 25.2 Å². The van der Waals surface area contributed by atoms with Crippen LogP contribution >= 0.6 is 0 Å². The Labute approximate surface area is 96.2 Å². The molecule has 0 aromatic heterocycles. The number of ketones is 1. The third-order valence-electron chi connectivity index (χ3n) is 2.71. The van der Waals surface area contributed by atoms with Gasteiger partial charge in [0.05, 0.1) is 5.41 Å². The second-order valence-corrected chi connectivity index (χ2v) is 4.37. The zero-order chi connectivity index (χ0) is 12.6. The van der Waals surface area contributed by atoms with Gasteiger partial charge in [0, 0.05) is 12.8 Å². The van der Waals surface area contributed by atoms with Crippen molar-refractivity contribution < 1.29 is 14.7 Å².